The van der Waals surface area contributed by atoms with Crippen molar-refractivity contribution in [3.63, 3.8) is 0 Å². The van der Waals surface area contributed by atoms with Crippen molar-refractivity contribution in [2.45, 2.75) is 22.8 Å². The highest BCUT2D eigenvalue weighted by molar-refractivity contribution is 7.91. The number of benzene rings is 2. The predicted octanol–water partition coefficient (Wildman–Crippen LogP) is 2.62. The van der Waals surface area contributed by atoms with Crippen LogP contribution in [-0.2, 0) is 35.8 Å². The number of nitrogen functional groups attached to an aromatic ring is 1. The number of fused-ring (bicyclic) bond motifs is 1. The van der Waals surface area contributed by atoms with Gasteiger partial charge in [0.2, 0.25) is 15.7 Å². The molecule has 0 aliphatic carbocycles. The zero-order valence-corrected chi connectivity index (χ0v) is 24.3. The van der Waals surface area contributed by atoms with Crippen LogP contribution in [0.1, 0.15) is 17.7 Å². The monoisotopic (exact) mass is 587 g/mol. The second kappa shape index (κ2) is 12.3. The highest BCUT2D eigenvalue weighted by Crippen LogP contribution is 2.30. The highest BCUT2D eigenvalue weighted by Gasteiger charge is 2.25. The van der Waals surface area contributed by atoms with Crippen LogP contribution in [0.15, 0.2) is 70.3 Å². The lowest BCUT2D eigenvalue weighted by Gasteiger charge is -2.29. The fraction of sp³-hybridized carbons (Fsp3) is 0.333. The summed E-state index contributed by atoms with van der Waals surface area (Å²) in [5, 5.41) is 1.56. The number of rotatable bonds is 12. The van der Waals surface area contributed by atoms with Crippen LogP contribution in [0.25, 0.3) is 17.5 Å². The molecule has 0 amide bonds. The van der Waals surface area contributed by atoms with E-state index in [1.54, 1.807) is 53.6 Å². The summed E-state index contributed by atoms with van der Waals surface area (Å²) >= 11 is 0. The van der Waals surface area contributed by atoms with Crippen LogP contribution in [-0.4, -0.2) is 82.6 Å². The fourth-order valence-corrected chi connectivity index (χ4v) is 6.01. The normalized spacial score (nSPS) is 13.7. The van der Waals surface area contributed by atoms with Gasteiger partial charge < -0.3 is 15.4 Å². The molecule has 0 bridgehead atoms. The molecule has 1 aliphatic heterocycles. The van der Waals surface area contributed by atoms with Crippen LogP contribution >= 0.6 is 0 Å². The van der Waals surface area contributed by atoms with E-state index in [0.717, 1.165) is 0 Å². The Balaban J connectivity index is 1.46. The summed E-state index contributed by atoms with van der Waals surface area (Å²) in [6.07, 6.45) is 3.64. The largest absolute Gasteiger partial charge is 0.478 e. The minimum absolute atomic E-state index is 0.113. The van der Waals surface area contributed by atoms with Gasteiger partial charge in [0.25, 0.3) is 0 Å². The molecule has 2 aromatic carbocycles. The van der Waals surface area contributed by atoms with Gasteiger partial charge in [-0.25, -0.2) is 31.9 Å². The molecule has 1 aliphatic rings. The lowest BCUT2D eigenvalue weighted by atomic mass is 10.1. The Bertz CT molecular complexity index is 1580. The van der Waals surface area contributed by atoms with Crippen molar-refractivity contribution in [1.82, 2.24) is 19.9 Å². The van der Waals surface area contributed by atoms with Crippen molar-refractivity contribution in [2.24, 2.45) is 0 Å². The van der Waals surface area contributed by atoms with Crippen molar-refractivity contribution in [3.05, 3.63) is 71.7 Å². The van der Waals surface area contributed by atoms with Crippen molar-refractivity contribution >= 4 is 31.6 Å². The second-order valence-corrected chi connectivity index (χ2v) is 13.7. The Kier molecular flexibility index (Phi) is 9.08. The summed E-state index contributed by atoms with van der Waals surface area (Å²) in [5.41, 5.74) is 8.19. The van der Waals surface area contributed by atoms with Crippen molar-refractivity contribution in [3.8, 4) is 11.4 Å². The molecule has 11 nitrogen and oxygen atoms in total. The molecule has 214 valence electrons. The van der Waals surface area contributed by atoms with Crippen LogP contribution in [0.2, 0.25) is 0 Å². The van der Waals surface area contributed by atoms with Gasteiger partial charge in [-0.3, -0.25) is 4.84 Å². The van der Waals surface area contributed by atoms with Gasteiger partial charge in [0, 0.05) is 36.5 Å². The lowest BCUT2D eigenvalue weighted by molar-refractivity contribution is -0.149. The summed E-state index contributed by atoms with van der Waals surface area (Å²) in [4.78, 5) is 17.0. The molecule has 0 radical (unpaired) electrons. The molecule has 4 rings (SSSR count). The first-order valence-electron chi connectivity index (χ1n) is 12.6. The molecule has 0 saturated carbocycles. The maximum Gasteiger partial charge on any atom is 0.214 e. The van der Waals surface area contributed by atoms with Gasteiger partial charge >= 0.3 is 0 Å². The quantitative estimate of drug-likeness (QED) is 0.312. The molecule has 2 N–H and O–H groups in total. The third-order valence-electron chi connectivity index (χ3n) is 6.34. The van der Waals surface area contributed by atoms with Gasteiger partial charge in [0.1, 0.15) is 15.7 Å². The van der Waals surface area contributed by atoms with E-state index in [2.05, 4.69) is 9.97 Å². The molecule has 0 saturated heterocycles. The molecule has 3 aromatic rings. The van der Waals surface area contributed by atoms with Crippen LogP contribution in [0.5, 0.6) is 0 Å². The minimum Gasteiger partial charge on any atom is -0.478 e. The zero-order chi connectivity index (χ0) is 28.9. The molecular weight excluding hydrogens is 554 g/mol. The number of nitrogens with two attached hydrogens (primary N) is 1. The molecule has 0 spiro atoms. The molecular formula is C27H33N5O6S2. The molecule has 2 heterocycles. The van der Waals surface area contributed by atoms with E-state index >= 15 is 0 Å². The first kappa shape index (κ1) is 29.5. The van der Waals surface area contributed by atoms with Gasteiger partial charge in [0.05, 0.1) is 41.5 Å². The number of anilines is 1. The summed E-state index contributed by atoms with van der Waals surface area (Å²) < 4.78 is 54.5. The Labute approximate surface area is 235 Å². The molecule has 0 fully saturated rings. The third kappa shape index (κ3) is 7.16. The Morgan fingerprint density at radius 1 is 0.975 bits per heavy atom. The van der Waals surface area contributed by atoms with Gasteiger partial charge in [-0.05, 0) is 49.9 Å². The van der Waals surface area contributed by atoms with E-state index in [-0.39, 0.29) is 27.9 Å². The number of nitrogens with zero attached hydrogens (tertiary/aromatic N) is 4. The maximum absolute atomic E-state index is 12.9. The van der Waals surface area contributed by atoms with Gasteiger partial charge in [-0.1, -0.05) is 18.2 Å². The van der Waals surface area contributed by atoms with Crippen LogP contribution < -0.4 is 5.73 Å². The Morgan fingerprint density at radius 3 is 2.30 bits per heavy atom. The van der Waals surface area contributed by atoms with E-state index in [9.17, 15) is 16.8 Å². The topological polar surface area (TPSA) is 145 Å². The van der Waals surface area contributed by atoms with E-state index in [1.807, 2.05) is 11.9 Å². The van der Waals surface area contributed by atoms with Crippen LogP contribution in [0.4, 0.5) is 5.82 Å². The number of sulfone groups is 2. The van der Waals surface area contributed by atoms with Crippen molar-refractivity contribution < 1.29 is 26.4 Å². The average Bonchev–Trinajstić information content (AvgIpc) is 2.94. The first-order valence-corrected chi connectivity index (χ1v) is 16.1. The Hall–Kier alpha value is -3.52. The average molecular weight is 588 g/mol. The Morgan fingerprint density at radius 2 is 1.65 bits per heavy atom. The molecule has 0 unspecified atom stereocenters. The number of hydrogen-bond acceptors (Lipinski definition) is 11. The van der Waals surface area contributed by atoms with E-state index in [0.29, 0.717) is 54.6 Å². The standard InChI is InChI=1S/C27H33N5O6S2/c1-31(15-17-39(3,33)34)14-7-16-38-25-18-23-24(19-32(25)37-2)29-27(30-26(23)28)20-10-12-22(13-11-20)40(35,36)21-8-5-4-6-9-21/h4-6,8-13,18H,7,14-17,19H2,1-3H3,(H2,28,29,30). The molecule has 0 atom stereocenters. The van der Waals surface area contributed by atoms with E-state index < -0.39 is 19.7 Å². The highest BCUT2D eigenvalue weighted by atomic mass is 32.2. The lowest BCUT2D eigenvalue weighted by Crippen LogP contribution is -2.29. The summed E-state index contributed by atoms with van der Waals surface area (Å²) in [5.74, 6) is 1.21. The smallest absolute Gasteiger partial charge is 0.214 e. The number of aromatic nitrogens is 2. The fourth-order valence-electron chi connectivity index (χ4n) is 4.08. The summed E-state index contributed by atoms with van der Waals surface area (Å²) in [6.45, 7) is 1.79. The number of hydrogen-bond donors (Lipinski definition) is 1. The maximum atomic E-state index is 12.9. The van der Waals surface area contributed by atoms with Gasteiger partial charge in [-0.2, -0.15) is 0 Å². The molecule has 40 heavy (non-hydrogen) atoms. The number of ether oxygens (including phenoxy) is 1. The van der Waals surface area contributed by atoms with E-state index in [4.69, 9.17) is 15.3 Å². The van der Waals surface area contributed by atoms with Gasteiger partial charge in [0.15, 0.2) is 5.82 Å². The third-order valence-corrected chi connectivity index (χ3v) is 9.05. The van der Waals surface area contributed by atoms with Crippen molar-refractivity contribution in [2.75, 3.05) is 51.6 Å². The molecule has 1 aromatic heterocycles. The van der Waals surface area contributed by atoms with Crippen LogP contribution in [0.3, 0.4) is 0 Å². The summed E-state index contributed by atoms with van der Waals surface area (Å²) in [6, 6.07) is 14.6. The second-order valence-electron chi connectivity index (χ2n) is 9.47. The van der Waals surface area contributed by atoms with Gasteiger partial charge in [-0.15, -0.1) is 0 Å². The van der Waals surface area contributed by atoms with E-state index in [1.165, 1.54) is 25.5 Å². The molecule has 13 heteroatoms. The van der Waals surface area contributed by atoms with Crippen LogP contribution in [0, 0.1) is 0 Å². The SMILES string of the molecule is CON1Cc2nc(-c3ccc(S(=O)(=O)c4ccccc4)cc3)nc(N)c2C=C1OCCCN(C)CCS(C)(=O)=O. The number of hydroxylamine groups is 2. The zero-order valence-electron chi connectivity index (χ0n) is 22.6. The van der Waals surface area contributed by atoms with Crippen molar-refractivity contribution in [1.29, 1.82) is 0 Å². The predicted molar refractivity (Wildman–Crippen MR) is 152 cm³/mol. The summed E-state index contributed by atoms with van der Waals surface area (Å²) in [7, 11) is -3.25. The minimum atomic E-state index is -3.64. The first-order chi connectivity index (χ1) is 19.0.